The summed E-state index contributed by atoms with van der Waals surface area (Å²) in [6.45, 7) is 1.70. The minimum Gasteiger partial charge on any atom is -0.494 e. The van der Waals surface area contributed by atoms with Crippen LogP contribution in [0.2, 0.25) is 0 Å². The molecule has 0 saturated heterocycles. The van der Waals surface area contributed by atoms with Crippen LogP contribution in [0.1, 0.15) is 21.6 Å². The summed E-state index contributed by atoms with van der Waals surface area (Å²) in [4.78, 5) is 16.9. The molecule has 0 atom stereocenters. The maximum absolute atomic E-state index is 13.2. The number of benzene rings is 3. The van der Waals surface area contributed by atoms with Crippen molar-refractivity contribution >= 4 is 33.9 Å². The number of nitrogens with zero attached hydrogens (tertiary/aromatic N) is 1. The van der Waals surface area contributed by atoms with E-state index in [-0.39, 0.29) is 11.4 Å². The van der Waals surface area contributed by atoms with Crippen LogP contribution in [0.4, 0.5) is 30.2 Å². The van der Waals surface area contributed by atoms with Gasteiger partial charge in [-0.2, -0.15) is 13.2 Å². The van der Waals surface area contributed by atoms with Crippen LogP contribution in [0.3, 0.4) is 0 Å². The lowest BCUT2D eigenvalue weighted by atomic mass is 10.1. The number of ether oxygens (including phenoxy) is 2. The van der Waals surface area contributed by atoms with Gasteiger partial charge in [0.1, 0.15) is 11.5 Å². The number of aromatic nitrogens is 1. The first-order valence-electron chi connectivity index (χ1n) is 10.6. The van der Waals surface area contributed by atoms with Gasteiger partial charge in [0.25, 0.3) is 5.91 Å². The molecule has 1 amide bonds. The first kappa shape index (κ1) is 23.9. The van der Waals surface area contributed by atoms with Crippen molar-refractivity contribution in [3.63, 3.8) is 0 Å². The zero-order valence-electron chi connectivity index (χ0n) is 19.2. The Hall–Kier alpha value is -4.27. The SMILES string of the molecule is COc1cc(Nc2cc(C)nc3cc(C(F)(F)F)ccc23)c(OC)cc1NC(=O)c1ccccc1. The maximum atomic E-state index is 13.2. The number of methoxy groups -OCH3 is 2. The fraction of sp³-hybridized carbons (Fsp3) is 0.154. The summed E-state index contributed by atoms with van der Waals surface area (Å²) in [6.07, 6.45) is -4.47. The normalized spacial score (nSPS) is 11.3. The van der Waals surface area contributed by atoms with E-state index in [1.807, 2.05) is 6.07 Å². The third kappa shape index (κ3) is 5.13. The van der Waals surface area contributed by atoms with E-state index in [1.165, 1.54) is 20.3 Å². The highest BCUT2D eigenvalue weighted by Crippen LogP contribution is 2.40. The summed E-state index contributed by atoms with van der Waals surface area (Å²) in [5.41, 5.74) is 1.89. The number of hydrogen-bond donors (Lipinski definition) is 2. The minimum atomic E-state index is -4.47. The molecule has 0 bridgehead atoms. The summed E-state index contributed by atoms with van der Waals surface area (Å²) in [6, 6.07) is 17.1. The Bertz CT molecular complexity index is 1390. The second-order valence-electron chi connectivity index (χ2n) is 7.74. The van der Waals surface area contributed by atoms with Crippen LogP contribution < -0.4 is 20.1 Å². The van der Waals surface area contributed by atoms with Gasteiger partial charge in [0.2, 0.25) is 0 Å². The quantitative estimate of drug-likeness (QED) is 0.326. The van der Waals surface area contributed by atoms with Crippen molar-refractivity contribution in [2.24, 2.45) is 0 Å². The number of halogens is 3. The van der Waals surface area contributed by atoms with Gasteiger partial charge in [-0.05, 0) is 37.3 Å². The number of carbonyl (C=O) groups excluding carboxylic acids is 1. The molecule has 4 rings (SSSR count). The number of fused-ring (bicyclic) bond motifs is 1. The molecular weight excluding hydrogens is 459 g/mol. The minimum absolute atomic E-state index is 0.208. The number of pyridine rings is 1. The molecule has 35 heavy (non-hydrogen) atoms. The average molecular weight is 481 g/mol. The molecule has 9 heteroatoms. The Morgan fingerprint density at radius 3 is 2.17 bits per heavy atom. The number of amides is 1. The zero-order chi connectivity index (χ0) is 25.2. The monoisotopic (exact) mass is 481 g/mol. The van der Waals surface area contributed by atoms with Crippen molar-refractivity contribution in [2.45, 2.75) is 13.1 Å². The summed E-state index contributed by atoms with van der Waals surface area (Å²) in [5, 5.41) is 6.53. The van der Waals surface area contributed by atoms with Gasteiger partial charge in [0.05, 0.1) is 36.7 Å². The Balaban J connectivity index is 1.72. The van der Waals surface area contributed by atoms with Crippen LogP contribution in [0.15, 0.2) is 66.7 Å². The van der Waals surface area contributed by atoms with E-state index in [0.29, 0.717) is 45.2 Å². The summed E-state index contributed by atoms with van der Waals surface area (Å²) in [5.74, 6) is 0.443. The standard InChI is InChI=1S/C26H22F3N3O3/c1-15-11-19(18-10-9-17(26(27,28)29)12-20(18)30-15)31-21-13-24(35-3)22(14-23(21)34-2)32-25(33)16-7-5-4-6-8-16/h4-14H,1-3H3,(H,30,31)(H,32,33). The van der Waals surface area contributed by atoms with Crippen LogP contribution in [0.5, 0.6) is 11.5 Å². The molecular formula is C26H22F3N3O3. The Labute approximate surface area is 199 Å². The Morgan fingerprint density at radius 1 is 0.857 bits per heavy atom. The Morgan fingerprint density at radius 2 is 1.51 bits per heavy atom. The zero-order valence-corrected chi connectivity index (χ0v) is 19.2. The summed E-state index contributed by atoms with van der Waals surface area (Å²) in [7, 11) is 2.94. The van der Waals surface area contributed by atoms with Crippen molar-refractivity contribution in [2.75, 3.05) is 24.9 Å². The topological polar surface area (TPSA) is 72.5 Å². The molecule has 0 aliphatic heterocycles. The van der Waals surface area contributed by atoms with Crippen molar-refractivity contribution in [1.82, 2.24) is 4.98 Å². The molecule has 180 valence electrons. The second-order valence-corrected chi connectivity index (χ2v) is 7.74. The van der Waals surface area contributed by atoms with Gasteiger partial charge in [0.15, 0.2) is 0 Å². The number of alkyl halides is 3. The highest BCUT2D eigenvalue weighted by molar-refractivity contribution is 6.05. The second kappa shape index (κ2) is 9.54. The molecule has 0 aliphatic carbocycles. The molecule has 0 spiro atoms. The van der Waals surface area contributed by atoms with E-state index >= 15 is 0 Å². The number of rotatable bonds is 6. The van der Waals surface area contributed by atoms with Crippen molar-refractivity contribution in [3.05, 3.63) is 83.6 Å². The van der Waals surface area contributed by atoms with E-state index < -0.39 is 11.7 Å². The maximum Gasteiger partial charge on any atom is 0.416 e. The largest absolute Gasteiger partial charge is 0.494 e. The third-order valence-electron chi connectivity index (χ3n) is 5.34. The summed E-state index contributed by atoms with van der Waals surface area (Å²) < 4.78 is 50.5. The predicted molar refractivity (Wildman–Crippen MR) is 129 cm³/mol. The molecule has 0 radical (unpaired) electrons. The van der Waals surface area contributed by atoms with E-state index in [0.717, 1.165) is 12.1 Å². The number of carbonyl (C=O) groups is 1. The van der Waals surface area contributed by atoms with Gasteiger partial charge in [-0.1, -0.05) is 24.3 Å². The first-order chi connectivity index (χ1) is 16.7. The molecule has 1 heterocycles. The van der Waals surface area contributed by atoms with Crippen molar-refractivity contribution < 1.29 is 27.4 Å². The molecule has 3 aromatic carbocycles. The number of nitrogens with one attached hydrogen (secondary N) is 2. The third-order valence-corrected chi connectivity index (χ3v) is 5.34. The molecule has 0 saturated carbocycles. The van der Waals surface area contributed by atoms with Crippen molar-refractivity contribution in [3.8, 4) is 11.5 Å². The van der Waals surface area contributed by atoms with Crippen LogP contribution in [0, 0.1) is 6.92 Å². The average Bonchev–Trinajstić information content (AvgIpc) is 2.84. The molecule has 6 nitrogen and oxygen atoms in total. The molecule has 4 aromatic rings. The number of hydrogen-bond acceptors (Lipinski definition) is 5. The lowest BCUT2D eigenvalue weighted by molar-refractivity contribution is -0.137. The van der Waals surface area contributed by atoms with E-state index in [2.05, 4.69) is 15.6 Å². The smallest absolute Gasteiger partial charge is 0.416 e. The van der Waals surface area contributed by atoms with E-state index in [1.54, 1.807) is 49.4 Å². The highest BCUT2D eigenvalue weighted by Gasteiger charge is 2.30. The van der Waals surface area contributed by atoms with Gasteiger partial charge in [-0.3, -0.25) is 9.78 Å². The fourth-order valence-electron chi connectivity index (χ4n) is 3.66. The molecule has 0 aliphatic rings. The Kier molecular flexibility index (Phi) is 6.50. The molecule has 2 N–H and O–H groups in total. The first-order valence-corrected chi connectivity index (χ1v) is 10.6. The fourth-order valence-corrected chi connectivity index (χ4v) is 3.66. The van der Waals surface area contributed by atoms with E-state index in [4.69, 9.17) is 9.47 Å². The molecule has 1 aromatic heterocycles. The van der Waals surface area contributed by atoms with Gasteiger partial charge in [-0.15, -0.1) is 0 Å². The highest BCUT2D eigenvalue weighted by atomic mass is 19.4. The molecule has 0 fully saturated rings. The van der Waals surface area contributed by atoms with Crippen LogP contribution in [-0.2, 0) is 6.18 Å². The number of aryl methyl sites for hydroxylation is 1. The van der Waals surface area contributed by atoms with Gasteiger partial charge < -0.3 is 20.1 Å². The lowest BCUT2D eigenvalue weighted by Gasteiger charge is -2.18. The predicted octanol–water partition coefficient (Wildman–Crippen LogP) is 6.58. The molecule has 0 unspecified atom stereocenters. The van der Waals surface area contributed by atoms with E-state index in [9.17, 15) is 18.0 Å². The number of anilines is 3. The van der Waals surface area contributed by atoms with Crippen LogP contribution in [-0.4, -0.2) is 25.1 Å². The van der Waals surface area contributed by atoms with Crippen LogP contribution >= 0.6 is 0 Å². The van der Waals surface area contributed by atoms with Gasteiger partial charge >= 0.3 is 6.18 Å². The van der Waals surface area contributed by atoms with Gasteiger partial charge in [0, 0.05) is 34.5 Å². The summed E-state index contributed by atoms with van der Waals surface area (Å²) >= 11 is 0. The van der Waals surface area contributed by atoms with Crippen molar-refractivity contribution in [1.29, 1.82) is 0 Å². The lowest BCUT2D eigenvalue weighted by Crippen LogP contribution is -2.13. The van der Waals surface area contributed by atoms with Gasteiger partial charge in [-0.25, -0.2) is 0 Å². The van der Waals surface area contributed by atoms with Crippen LogP contribution in [0.25, 0.3) is 10.9 Å².